The number of halogens is 1. The van der Waals surface area contributed by atoms with Gasteiger partial charge in [-0.15, -0.1) is 4.40 Å². The van der Waals surface area contributed by atoms with Crippen LogP contribution in [-0.2, 0) is 10.0 Å². The maximum atomic E-state index is 13.7. The third-order valence-electron chi connectivity index (χ3n) is 3.84. The Kier molecular flexibility index (Phi) is 4.41. The first-order valence-electron chi connectivity index (χ1n) is 7.53. The van der Waals surface area contributed by atoms with Crippen LogP contribution in [0.3, 0.4) is 0 Å². The van der Waals surface area contributed by atoms with Crippen molar-refractivity contribution in [2.45, 2.75) is 11.8 Å². The molecule has 0 aliphatic carbocycles. The quantitative estimate of drug-likeness (QED) is 0.654. The molecule has 0 spiro atoms. The third-order valence-corrected chi connectivity index (χ3v) is 5.31. The smallest absolute Gasteiger partial charge is 0.285 e. The monoisotopic (exact) mass is 377 g/mol. The lowest BCUT2D eigenvalue weighted by Crippen LogP contribution is -2.21. The van der Waals surface area contributed by atoms with Crippen molar-refractivity contribution < 1.29 is 22.7 Å². The molecule has 136 valence electrons. The van der Waals surface area contributed by atoms with Gasteiger partial charge in [-0.25, -0.2) is 9.40 Å². The van der Waals surface area contributed by atoms with Crippen molar-refractivity contribution >= 4 is 22.1 Å². The van der Waals surface area contributed by atoms with E-state index in [0.717, 1.165) is 12.1 Å². The molecule has 0 bridgehead atoms. The van der Waals surface area contributed by atoms with Gasteiger partial charge in [0, 0.05) is 12.6 Å². The molecule has 0 saturated carbocycles. The van der Waals surface area contributed by atoms with Crippen LogP contribution in [-0.4, -0.2) is 44.7 Å². The van der Waals surface area contributed by atoms with Crippen molar-refractivity contribution in [3.8, 4) is 11.5 Å². The van der Waals surface area contributed by atoms with E-state index in [9.17, 15) is 17.9 Å². The predicted octanol–water partition coefficient (Wildman–Crippen LogP) is 2.26. The summed E-state index contributed by atoms with van der Waals surface area (Å²) in [4.78, 5) is -0.0118. The molecule has 7 nitrogen and oxygen atoms in total. The van der Waals surface area contributed by atoms with E-state index in [1.54, 1.807) is 12.1 Å². The van der Waals surface area contributed by atoms with Crippen LogP contribution < -0.4 is 4.74 Å². The first-order chi connectivity index (χ1) is 12.2. The number of phenols is 1. The lowest BCUT2D eigenvalue weighted by atomic mass is 10.1. The summed E-state index contributed by atoms with van der Waals surface area (Å²) in [5.41, 5.74) is 1.08. The summed E-state index contributed by atoms with van der Waals surface area (Å²) in [6.07, 6.45) is 1.45. The summed E-state index contributed by atoms with van der Waals surface area (Å²) in [6, 6.07) is 6.91. The van der Waals surface area contributed by atoms with Gasteiger partial charge in [0.25, 0.3) is 10.0 Å². The molecule has 0 unspecified atom stereocenters. The number of benzene rings is 2. The number of nitrogens with zero attached hydrogens (tertiary/aromatic N) is 3. The summed E-state index contributed by atoms with van der Waals surface area (Å²) in [5.74, 6) is -0.249. The number of amidine groups is 1. The molecular weight excluding hydrogens is 361 g/mol. The molecule has 0 amide bonds. The Morgan fingerprint density at radius 1 is 1.31 bits per heavy atom. The minimum atomic E-state index is -3.89. The highest BCUT2D eigenvalue weighted by Gasteiger charge is 2.33. The van der Waals surface area contributed by atoms with Crippen LogP contribution >= 0.6 is 0 Å². The third kappa shape index (κ3) is 3.13. The molecule has 1 aliphatic rings. The lowest BCUT2D eigenvalue weighted by molar-refractivity contribution is 0.373. The normalized spacial score (nSPS) is 15.0. The minimum Gasteiger partial charge on any atom is -0.504 e. The Labute approximate surface area is 150 Å². The van der Waals surface area contributed by atoms with Crippen molar-refractivity contribution in [3.05, 3.63) is 52.8 Å². The van der Waals surface area contributed by atoms with Gasteiger partial charge in [0.1, 0.15) is 10.7 Å². The van der Waals surface area contributed by atoms with Gasteiger partial charge in [0.2, 0.25) is 0 Å². The molecular formula is C17H16FN3O4S. The number of fused-ring (bicyclic) bond motifs is 1. The summed E-state index contributed by atoms with van der Waals surface area (Å²) < 4.78 is 47.0. The summed E-state index contributed by atoms with van der Waals surface area (Å²) >= 11 is 0. The van der Waals surface area contributed by atoms with E-state index in [2.05, 4.69) is 9.50 Å². The van der Waals surface area contributed by atoms with Crippen LogP contribution in [0, 0.1) is 12.7 Å². The average molecular weight is 377 g/mol. The zero-order valence-corrected chi connectivity index (χ0v) is 15.1. The van der Waals surface area contributed by atoms with Gasteiger partial charge in [-0.2, -0.15) is 13.5 Å². The Morgan fingerprint density at radius 2 is 2.04 bits per heavy atom. The van der Waals surface area contributed by atoms with E-state index < -0.39 is 15.8 Å². The summed E-state index contributed by atoms with van der Waals surface area (Å²) in [7, 11) is -0.957. The number of aryl methyl sites for hydroxylation is 1. The number of methoxy groups -OCH3 is 1. The van der Waals surface area contributed by atoms with E-state index in [-0.39, 0.29) is 27.8 Å². The van der Waals surface area contributed by atoms with E-state index in [0.29, 0.717) is 11.1 Å². The number of hydrogen-bond donors (Lipinski definition) is 1. The van der Waals surface area contributed by atoms with Crippen LogP contribution in [0.4, 0.5) is 4.39 Å². The van der Waals surface area contributed by atoms with Gasteiger partial charge in [-0.05, 0) is 48.4 Å². The van der Waals surface area contributed by atoms with Crippen LogP contribution in [0.5, 0.6) is 11.5 Å². The van der Waals surface area contributed by atoms with Gasteiger partial charge < -0.3 is 9.84 Å². The molecule has 0 atom stereocenters. The maximum absolute atomic E-state index is 13.7. The molecule has 0 aromatic heterocycles. The lowest BCUT2D eigenvalue weighted by Gasteiger charge is -2.13. The van der Waals surface area contributed by atoms with E-state index in [1.807, 2.05) is 0 Å². The highest BCUT2D eigenvalue weighted by molar-refractivity contribution is 7.90. The highest BCUT2D eigenvalue weighted by Crippen LogP contribution is 2.31. The number of phenolic OH excluding ortho intramolecular Hbond substituents is 1. The van der Waals surface area contributed by atoms with Crippen molar-refractivity contribution in [2.24, 2.45) is 9.50 Å². The second kappa shape index (κ2) is 6.41. The molecule has 1 heterocycles. The van der Waals surface area contributed by atoms with Crippen molar-refractivity contribution in [2.75, 3.05) is 14.2 Å². The fraction of sp³-hybridized carbons (Fsp3) is 0.176. The molecule has 0 radical (unpaired) electrons. The zero-order valence-electron chi connectivity index (χ0n) is 14.3. The van der Waals surface area contributed by atoms with Crippen LogP contribution in [0.2, 0.25) is 0 Å². The number of hydrazone groups is 1. The molecule has 0 fully saturated rings. The number of sulfonamides is 1. The maximum Gasteiger partial charge on any atom is 0.285 e. The molecule has 26 heavy (non-hydrogen) atoms. The van der Waals surface area contributed by atoms with Crippen molar-refractivity contribution in [3.63, 3.8) is 0 Å². The fourth-order valence-corrected chi connectivity index (χ4v) is 4.09. The Morgan fingerprint density at radius 3 is 2.73 bits per heavy atom. The van der Waals surface area contributed by atoms with E-state index >= 15 is 0 Å². The molecule has 1 N–H and O–H groups in total. The largest absolute Gasteiger partial charge is 0.504 e. The topological polar surface area (TPSA) is 91.6 Å². The highest BCUT2D eigenvalue weighted by atomic mass is 32.2. The van der Waals surface area contributed by atoms with Crippen LogP contribution in [0.1, 0.15) is 16.7 Å². The van der Waals surface area contributed by atoms with Crippen molar-refractivity contribution in [1.29, 1.82) is 0 Å². The summed E-state index contributed by atoms with van der Waals surface area (Å²) in [6.45, 7) is 1.52. The first kappa shape index (κ1) is 17.9. The Balaban J connectivity index is 1.96. The molecule has 3 rings (SSSR count). The molecule has 9 heteroatoms. The van der Waals surface area contributed by atoms with Crippen molar-refractivity contribution in [1.82, 2.24) is 5.01 Å². The first-order valence-corrected chi connectivity index (χ1v) is 8.97. The SMILES string of the molecule is COc1cc(/C=N/N(C)C2=NS(=O)(=O)c3c(C)cc(F)cc32)ccc1O. The molecule has 2 aromatic carbocycles. The van der Waals surface area contributed by atoms with Crippen LogP contribution in [0.25, 0.3) is 0 Å². The van der Waals surface area contributed by atoms with Gasteiger partial charge >= 0.3 is 0 Å². The zero-order chi connectivity index (χ0) is 19.1. The molecule has 1 aliphatic heterocycles. The second-order valence-electron chi connectivity index (χ2n) is 5.69. The average Bonchev–Trinajstić information content (AvgIpc) is 2.84. The minimum absolute atomic E-state index is 0.0101. The Hall–Kier alpha value is -2.94. The van der Waals surface area contributed by atoms with Gasteiger partial charge in [-0.3, -0.25) is 0 Å². The van der Waals surface area contributed by atoms with Gasteiger partial charge in [0.05, 0.1) is 13.3 Å². The van der Waals surface area contributed by atoms with Gasteiger partial charge in [-0.1, -0.05) is 0 Å². The predicted molar refractivity (Wildman–Crippen MR) is 94.9 cm³/mol. The van der Waals surface area contributed by atoms with Crippen LogP contribution in [0.15, 0.2) is 44.7 Å². The second-order valence-corrected chi connectivity index (χ2v) is 7.23. The number of ether oxygens (including phenoxy) is 1. The standard InChI is InChI=1S/C17H16FN3O4S/c1-10-6-12(18)8-13-16(10)26(23,24)20-17(13)21(2)19-9-11-4-5-14(22)15(7-11)25-3/h4-9,22H,1-3H3/b19-9+. The van der Waals surface area contributed by atoms with E-state index in [4.69, 9.17) is 4.74 Å². The van der Waals surface area contributed by atoms with Gasteiger partial charge in [0.15, 0.2) is 17.3 Å². The van der Waals surface area contributed by atoms with E-state index in [1.165, 1.54) is 38.4 Å². The number of rotatable bonds is 3. The Bertz CT molecular complexity index is 1050. The fourth-order valence-electron chi connectivity index (χ4n) is 2.66. The summed E-state index contributed by atoms with van der Waals surface area (Å²) in [5, 5.41) is 15.0. The molecule has 0 saturated heterocycles. The number of hydrogen-bond acceptors (Lipinski definition) is 6. The molecule has 2 aromatic rings. The number of aromatic hydroxyl groups is 1.